The third-order valence-electron chi connectivity index (χ3n) is 6.98. The highest BCUT2D eigenvalue weighted by Gasteiger charge is 2.22. The molecule has 0 unspecified atom stereocenters. The average Bonchev–Trinajstić information content (AvgIpc) is 2.97. The van der Waals surface area contributed by atoms with E-state index < -0.39 is 6.09 Å². The zero-order valence-electron chi connectivity index (χ0n) is 22.8. The third-order valence-corrected chi connectivity index (χ3v) is 6.98. The van der Waals surface area contributed by atoms with Crippen molar-refractivity contribution in [2.75, 3.05) is 44.6 Å². The van der Waals surface area contributed by atoms with Gasteiger partial charge in [0.2, 0.25) is 0 Å². The van der Waals surface area contributed by atoms with Crippen LogP contribution in [-0.4, -0.2) is 62.1 Å². The standard InChI is InChI=1S/C32H40N4O3/c1-2-18-33-23-25-12-14-27(15-13-25)31(37)24-34-19-22-36-20-16-28(17-21-36)39-32(38)35-30-11-7-6-10-29(30)26-8-4-3-5-9-26/h3-15,28,33-34H,2,16-24H2,1H3,(H,35,38). The number of hydrogen-bond donors (Lipinski definition) is 3. The maximum Gasteiger partial charge on any atom is 0.411 e. The summed E-state index contributed by atoms with van der Waals surface area (Å²) in [6.45, 7) is 7.63. The molecule has 0 saturated carbocycles. The van der Waals surface area contributed by atoms with Crippen molar-refractivity contribution in [3.63, 3.8) is 0 Å². The summed E-state index contributed by atoms with van der Waals surface area (Å²) in [5.41, 5.74) is 4.68. The summed E-state index contributed by atoms with van der Waals surface area (Å²) in [6, 6.07) is 25.6. The maximum absolute atomic E-state index is 12.6. The Morgan fingerprint density at radius 2 is 1.59 bits per heavy atom. The highest BCUT2D eigenvalue weighted by molar-refractivity contribution is 5.97. The van der Waals surface area contributed by atoms with E-state index in [1.807, 2.05) is 78.9 Å². The van der Waals surface area contributed by atoms with Gasteiger partial charge in [-0.2, -0.15) is 0 Å². The highest BCUT2D eigenvalue weighted by Crippen LogP contribution is 2.28. The first-order valence-electron chi connectivity index (χ1n) is 14.0. The molecule has 39 heavy (non-hydrogen) atoms. The number of nitrogens with zero attached hydrogens (tertiary/aromatic N) is 1. The van der Waals surface area contributed by atoms with Crippen molar-refractivity contribution in [1.29, 1.82) is 0 Å². The van der Waals surface area contributed by atoms with E-state index in [1.54, 1.807) is 0 Å². The van der Waals surface area contributed by atoms with E-state index in [4.69, 9.17) is 4.74 Å². The molecule has 0 bridgehead atoms. The lowest BCUT2D eigenvalue weighted by atomic mass is 10.0. The molecular formula is C32H40N4O3. The van der Waals surface area contributed by atoms with E-state index >= 15 is 0 Å². The fourth-order valence-corrected chi connectivity index (χ4v) is 4.76. The van der Waals surface area contributed by atoms with E-state index in [9.17, 15) is 9.59 Å². The van der Waals surface area contributed by atoms with Crippen LogP contribution in [-0.2, 0) is 11.3 Å². The Labute approximate surface area is 231 Å². The number of rotatable bonds is 13. The van der Waals surface area contributed by atoms with Crippen molar-refractivity contribution in [1.82, 2.24) is 15.5 Å². The summed E-state index contributed by atoms with van der Waals surface area (Å²) in [4.78, 5) is 27.5. The van der Waals surface area contributed by atoms with E-state index in [2.05, 4.69) is 27.8 Å². The second-order valence-electron chi connectivity index (χ2n) is 9.96. The summed E-state index contributed by atoms with van der Waals surface area (Å²) in [5.74, 6) is 0.107. The van der Waals surface area contributed by atoms with Crippen molar-refractivity contribution in [2.24, 2.45) is 0 Å². The molecule has 0 aromatic heterocycles. The lowest BCUT2D eigenvalue weighted by Gasteiger charge is -2.31. The number of para-hydroxylation sites is 1. The SMILES string of the molecule is CCCNCc1ccc(C(=O)CNCCN2CCC(OC(=O)Nc3ccccc3-c3ccccc3)CC2)cc1. The van der Waals surface area contributed by atoms with Crippen LogP contribution in [0.5, 0.6) is 0 Å². The Bertz CT molecular complexity index is 1180. The first-order valence-corrected chi connectivity index (χ1v) is 14.0. The van der Waals surface area contributed by atoms with Gasteiger partial charge in [0.05, 0.1) is 12.2 Å². The van der Waals surface area contributed by atoms with Crippen LogP contribution in [0.4, 0.5) is 10.5 Å². The molecule has 0 spiro atoms. The van der Waals surface area contributed by atoms with Gasteiger partial charge in [-0.25, -0.2) is 4.79 Å². The molecule has 4 rings (SSSR count). The van der Waals surface area contributed by atoms with Gasteiger partial charge in [-0.3, -0.25) is 10.1 Å². The Hall–Kier alpha value is -3.52. The van der Waals surface area contributed by atoms with E-state index in [1.165, 1.54) is 5.56 Å². The number of Topliss-reactive ketones (excluding diaryl/α,β-unsaturated/α-hetero) is 1. The molecule has 0 radical (unpaired) electrons. The molecule has 1 aliphatic heterocycles. The third kappa shape index (κ3) is 9.03. The number of piperidine rings is 1. The highest BCUT2D eigenvalue weighted by atomic mass is 16.6. The first-order chi connectivity index (χ1) is 19.1. The average molecular weight is 529 g/mol. The van der Waals surface area contributed by atoms with Crippen molar-refractivity contribution < 1.29 is 14.3 Å². The van der Waals surface area contributed by atoms with Gasteiger partial charge in [-0.05, 0) is 43.0 Å². The molecule has 1 heterocycles. The number of likely N-dealkylation sites (tertiary alicyclic amines) is 1. The number of carbonyl (C=O) groups excluding carboxylic acids is 2. The lowest BCUT2D eigenvalue weighted by Crippen LogP contribution is -2.42. The van der Waals surface area contributed by atoms with Crippen molar-refractivity contribution in [3.8, 4) is 11.1 Å². The smallest absolute Gasteiger partial charge is 0.411 e. The van der Waals surface area contributed by atoms with E-state index in [0.29, 0.717) is 6.54 Å². The fraction of sp³-hybridized carbons (Fsp3) is 0.375. The quantitative estimate of drug-likeness (QED) is 0.205. The summed E-state index contributed by atoms with van der Waals surface area (Å²) < 4.78 is 5.74. The Kier molecular flexibility index (Phi) is 11.1. The van der Waals surface area contributed by atoms with Crippen LogP contribution in [0.2, 0.25) is 0 Å². The zero-order valence-corrected chi connectivity index (χ0v) is 22.8. The lowest BCUT2D eigenvalue weighted by molar-refractivity contribution is 0.0593. The minimum Gasteiger partial charge on any atom is -0.446 e. The maximum atomic E-state index is 12.6. The monoisotopic (exact) mass is 528 g/mol. The van der Waals surface area contributed by atoms with Gasteiger partial charge in [0, 0.05) is 43.9 Å². The number of ether oxygens (including phenoxy) is 1. The van der Waals surface area contributed by atoms with Gasteiger partial charge in [0.15, 0.2) is 5.78 Å². The summed E-state index contributed by atoms with van der Waals surface area (Å²) in [7, 11) is 0. The molecule has 1 amide bonds. The second kappa shape index (κ2) is 15.2. The van der Waals surface area contributed by atoms with Crippen molar-refractivity contribution in [2.45, 2.75) is 38.8 Å². The fourth-order valence-electron chi connectivity index (χ4n) is 4.76. The van der Waals surface area contributed by atoms with Gasteiger partial charge >= 0.3 is 6.09 Å². The molecule has 3 aromatic rings. The molecule has 0 aliphatic carbocycles. The number of ketones is 1. The molecule has 0 atom stereocenters. The Balaban J connectivity index is 1.12. The van der Waals surface area contributed by atoms with E-state index in [0.717, 1.165) is 80.9 Å². The molecule has 7 heteroatoms. The van der Waals surface area contributed by atoms with Crippen LogP contribution in [0.1, 0.15) is 42.1 Å². The molecule has 206 valence electrons. The molecule has 1 fully saturated rings. The second-order valence-corrected chi connectivity index (χ2v) is 9.96. The van der Waals surface area contributed by atoms with Crippen LogP contribution < -0.4 is 16.0 Å². The van der Waals surface area contributed by atoms with Gasteiger partial charge in [-0.15, -0.1) is 0 Å². The largest absolute Gasteiger partial charge is 0.446 e. The van der Waals surface area contributed by atoms with Crippen molar-refractivity contribution in [3.05, 3.63) is 90.0 Å². The summed E-state index contributed by atoms with van der Waals surface area (Å²) in [6.07, 6.45) is 2.19. The normalized spacial score (nSPS) is 14.2. The number of nitrogens with one attached hydrogen (secondary N) is 3. The number of carbonyl (C=O) groups is 2. The first kappa shape index (κ1) is 28.5. The van der Waals surface area contributed by atoms with Crippen molar-refractivity contribution >= 4 is 17.6 Å². The van der Waals surface area contributed by atoms with Crippen LogP contribution >= 0.6 is 0 Å². The topological polar surface area (TPSA) is 82.7 Å². The zero-order chi connectivity index (χ0) is 27.3. The molecule has 1 aliphatic rings. The predicted molar refractivity (Wildman–Crippen MR) is 157 cm³/mol. The van der Waals surface area contributed by atoms with Crippen LogP contribution in [0.3, 0.4) is 0 Å². The van der Waals surface area contributed by atoms with Crippen LogP contribution in [0, 0.1) is 0 Å². The molecule has 7 nitrogen and oxygen atoms in total. The number of amides is 1. The summed E-state index contributed by atoms with van der Waals surface area (Å²) >= 11 is 0. The van der Waals surface area contributed by atoms with Gasteiger partial charge < -0.3 is 20.3 Å². The number of hydrogen-bond acceptors (Lipinski definition) is 6. The predicted octanol–water partition coefficient (Wildman–Crippen LogP) is 5.34. The molecular weight excluding hydrogens is 488 g/mol. The molecule has 3 N–H and O–H groups in total. The van der Waals surface area contributed by atoms with E-state index in [-0.39, 0.29) is 11.9 Å². The van der Waals surface area contributed by atoms with Gasteiger partial charge in [-0.1, -0.05) is 79.7 Å². The molecule has 1 saturated heterocycles. The number of anilines is 1. The van der Waals surface area contributed by atoms with Gasteiger partial charge in [0.25, 0.3) is 0 Å². The Morgan fingerprint density at radius 1 is 0.872 bits per heavy atom. The number of benzene rings is 3. The van der Waals surface area contributed by atoms with Crippen LogP contribution in [0.25, 0.3) is 11.1 Å². The molecule has 3 aromatic carbocycles. The minimum absolute atomic E-state index is 0.0974. The van der Waals surface area contributed by atoms with Gasteiger partial charge in [0.1, 0.15) is 6.10 Å². The van der Waals surface area contributed by atoms with Crippen LogP contribution in [0.15, 0.2) is 78.9 Å². The minimum atomic E-state index is -0.415. The summed E-state index contributed by atoms with van der Waals surface area (Å²) in [5, 5.41) is 9.58. The Morgan fingerprint density at radius 3 is 2.33 bits per heavy atom.